The van der Waals surface area contributed by atoms with Gasteiger partial charge in [0.2, 0.25) is 0 Å². The van der Waals surface area contributed by atoms with Crippen LogP contribution < -0.4 is 0 Å². The van der Waals surface area contributed by atoms with Crippen LogP contribution in [0.3, 0.4) is 0 Å². The van der Waals surface area contributed by atoms with Crippen molar-refractivity contribution in [1.29, 1.82) is 0 Å². The second-order valence-electron chi connectivity index (χ2n) is 2.23. The lowest BCUT2D eigenvalue weighted by Crippen LogP contribution is -2.06. The van der Waals surface area contributed by atoms with E-state index >= 15 is 0 Å². The molecule has 0 rings (SSSR count). The molecule has 0 N–H and O–H groups in total. The quantitative estimate of drug-likeness (QED) is 0.465. The molecule has 0 fully saturated rings. The summed E-state index contributed by atoms with van der Waals surface area (Å²) in [6.07, 6.45) is 1.17. The molecule has 0 aliphatic carbocycles. The van der Waals surface area contributed by atoms with E-state index in [9.17, 15) is 4.79 Å². The molecule has 2 nitrogen and oxygen atoms in total. The fourth-order valence-corrected chi connectivity index (χ4v) is 0.308. The van der Waals surface area contributed by atoms with Crippen LogP contribution in [-0.4, -0.2) is 12.6 Å². The number of hydrogen-bond acceptors (Lipinski definition) is 2. The maximum absolute atomic E-state index is 10.4. The molecule has 0 aromatic rings. The lowest BCUT2D eigenvalue weighted by Gasteiger charge is -2.02. The number of ether oxygens (including phenoxy) is 1. The molecule has 0 heterocycles. The van der Waals surface area contributed by atoms with E-state index in [-0.39, 0.29) is 5.97 Å². The summed E-state index contributed by atoms with van der Waals surface area (Å²) < 4.78 is 4.70. The molecule has 0 atom stereocenters. The van der Waals surface area contributed by atoms with E-state index in [1.165, 1.54) is 6.08 Å². The number of carbonyl (C=O) groups excluding carboxylic acids is 1. The number of rotatable bonds is 3. The van der Waals surface area contributed by atoms with E-state index < -0.39 is 0 Å². The summed E-state index contributed by atoms with van der Waals surface area (Å²) in [5.74, 6) is 0.0533. The normalized spacial score (nSPS) is 8.09. The highest BCUT2D eigenvalue weighted by atomic mass is 16.5. The third kappa shape index (κ3) is 12.4. The van der Waals surface area contributed by atoms with Gasteiger partial charge in [-0.05, 0) is 5.92 Å². The zero-order chi connectivity index (χ0) is 9.28. The monoisotopic (exact) mass is 158 g/mol. The Hall–Kier alpha value is -0.790. The highest BCUT2D eigenvalue weighted by molar-refractivity contribution is 5.81. The molecule has 0 amide bonds. The smallest absolute Gasteiger partial charge is 0.330 e. The molecule has 11 heavy (non-hydrogen) atoms. The first kappa shape index (κ1) is 12.8. The van der Waals surface area contributed by atoms with Gasteiger partial charge in [0.1, 0.15) is 0 Å². The number of carbonyl (C=O) groups is 1. The van der Waals surface area contributed by atoms with Gasteiger partial charge in [-0.25, -0.2) is 4.79 Å². The topological polar surface area (TPSA) is 26.3 Å². The Bertz CT molecular complexity index is 106. The molecule has 0 saturated heterocycles. The standard InChI is InChI=1S/C7H12O2.C2H6/c1-4-7(8)9-5-6(2)3;1-2/h4,6H,1,5H2,2-3H3;1-2H3. The Labute approximate surface area is 69.3 Å². The van der Waals surface area contributed by atoms with Crippen molar-refractivity contribution in [2.75, 3.05) is 6.61 Å². The Morgan fingerprint density at radius 2 is 2.00 bits per heavy atom. The summed E-state index contributed by atoms with van der Waals surface area (Å²) in [5, 5.41) is 0. The molecule has 0 spiro atoms. The second kappa shape index (κ2) is 9.21. The molecule has 0 aromatic heterocycles. The molecule has 0 saturated carbocycles. The summed E-state index contributed by atoms with van der Waals surface area (Å²) >= 11 is 0. The molecule has 66 valence electrons. The first-order valence-corrected chi connectivity index (χ1v) is 3.96. The van der Waals surface area contributed by atoms with Gasteiger partial charge in [-0.15, -0.1) is 0 Å². The van der Waals surface area contributed by atoms with Crippen LogP contribution in [0.25, 0.3) is 0 Å². The number of esters is 1. The second-order valence-corrected chi connectivity index (χ2v) is 2.23. The van der Waals surface area contributed by atoms with Crippen molar-refractivity contribution >= 4 is 5.97 Å². The van der Waals surface area contributed by atoms with Gasteiger partial charge in [0.05, 0.1) is 6.61 Å². The Kier molecular flexibility index (Phi) is 10.8. The summed E-state index contributed by atoms with van der Waals surface area (Å²) in [6.45, 7) is 11.7. The minimum absolute atomic E-state index is 0.344. The van der Waals surface area contributed by atoms with E-state index in [1.807, 2.05) is 27.7 Å². The van der Waals surface area contributed by atoms with Gasteiger partial charge >= 0.3 is 5.97 Å². The summed E-state index contributed by atoms with van der Waals surface area (Å²) in [7, 11) is 0. The molecule has 0 bridgehead atoms. The molecule has 0 unspecified atom stereocenters. The average molecular weight is 158 g/mol. The molecule has 0 radical (unpaired) electrons. The summed E-state index contributed by atoms with van der Waals surface area (Å²) in [6, 6.07) is 0. The molecular formula is C9H18O2. The maximum Gasteiger partial charge on any atom is 0.330 e. The first-order chi connectivity index (χ1) is 5.16. The summed E-state index contributed by atoms with van der Waals surface area (Å²) in [5.41, 5.74) is 0. The van der Waals surface area contributed by atoms with E-state index in [4.69, 9.17) is 4.74 Å². The van der Waals surface area contributed by atoms with Gasteiger partial charge in [0.25, 0.3) is 0 Å². The Balaban J connectivity index is 0. The Morgan fingerprint density at radius 1 is 1.55 bits per heavy atom. The van der Waals surface area contributed by atoms with Crippen LogP contribution in [0.1, 0.15) is 27.7 Å². The Morgan fingerprint density at radius 3 is 2.27 bits per heavy atom. The predicted molar refractivity (Wildman–Crippen MR) is 47.3 cm³/mol. The van der Waals surface area contributed by atoms with Crippen LogP contribution in [0.5, 0.6) is 0 Å². The SMILES string of the molecule is C=CC(=O)OCC(C)C.CC. The molecule has 0 aromatic carbocycles. The van der Waals surface area contributed by atoms with Crippen LogP contribution in [0.4, 0.5) is 0 Å². The highest BCUT2D eigenvalue weighted by Gasteiger charge is 1.96. The van der Waals surface area contributed by atoms with Crippen LogP contribution in [0.2, 0.25) is 0 Å². The van der Waals surface area contributed by atoms with Crippen molar-refractivity contribution in [2.45, 2.75) is 27.7 Å². The van der Waals surface area contributed by atoms with E-state index in [0.717, 1.165) is 0 Å². The van der Waals surface area contributed by atoms with Crippen molar-refractivity contribution in [2.24, 2.45) is 5.92 Å². The third-order valence-electron chi connectivity index (χ3n) is 0.726. The molecular weight excluding hydrogens is 140 g/mol. The van der Waals surface area contributed by atoms with Gasteiger partial charge in [-0.1, -0.05) is 34.3 Å². The van der Waals surface area contributed by atoms with Crippen molar-refractivity contribution in [1.82, 2.24) is 0 Å². The lowest BCUT2D eigenvalue weighted by molar-refractivity contribution is -0.138. The van der Waals surface area contributed by atoms with Crippen molar-refractivity contribution in [3.05, 3.63) is 12.7 Å². The van der Waals surface area contributed by atoms with Crippen molar-refractivity contribution < 1.29 is 9.53 Å². The zero-order valence-corrected chi connectivity index (χ0v) is 7.89. The van der Waals surface area contributed by atoms with Crippen LogP contribution >= 0.6 is 0 Å². The maximum atomic E-state index is 10.4. The van der Waals surface area contributed by atoms with Gasteiger partial charge in [0, 0.05) is 6.08 Å². The highest BCUT2D eigenvalue weighted by Crippen LogP contribution is 1.92. The molecule has 2 heteroatoms. The van der Waals surface area contributed by atoms with Crippen molar-refractivity contribution in [3.63, 3.8) is 0 Å². The third-order valence-corrected chi connectivity index (χ3v) is 0.726. The average Bonchev–Trinajstić information content (AvgIpc) is 2.04. The predicted octanol–water partition coefficient (Wildman–Crippen LogP) is 2.40. The minimum atomic E-state index is -0.344. The van der Waals surface area contributed by atoms with Gasteiger partial charge < -0.3 is 4.74 Å². The number of hydrogen-bond donors (Lipinski definition) is 0. The molecule has 0 aliphatic heterocycles. The van der Waals surface area contributed by atoms with Crippen LogP contribution in [0.15, 0.2) is 12.7 Å². The fraction of sp³-hybridized carbons (Fsp3) is 0.667. The van der Waals surface area contributed by atoms with E-state index in [0.29, 0.717) is 12.5 Å². The van der Waals surface area contributed by atoms with Crippen LogP contribution in [0, 0.1) is 5.92 Å². The lowest BCUT2D eigenvalue weighted by atomic mass is 10.2. The van der Waals surface area contributed by atoms with E-state index in [2.05, 4.69) is 6.58 Å². The van der Waals surface area contributed by atoms with Gasteiger partial charge in [-0.2, -0.15) is 0 Å². The van der Waals surface area contributed by atoms with Crippen LogP contribution in [-0.2, 0) is 9.53 Å². The zero-order valence-electron chi connectivity index (χ0n) is 7.89. The first-order valence-electron chi connectivity index (χ1n) is 3.96. The largest absolute Gasteiger partial charge is 0.462 e. The van der Waals surface area contributed by atoms with Crippen molar-refractivity contribution in [3.8, 4) is 0 Å². The minimum Gasteiger partial charge on any atom is -0.462 e. The van der Waals surface area contributed by atoms with Gasteiger partial charge in [-0.3, -0.25) is 0 Å². The fourth-order valence-electron chi connectivity index (χ4n) is 0.308. The molecule has 0 aliphatic rings. The summed E-state index contributed by atoms with van der Waals surface area (Å²) in [4.78, 5) is 10.4. The van der Waals surface area contributed by atoms with Gasteiger partial charge in [0.15, 0.2) is 0 Å². The van der Waals surface area contributed by atoms with E-state index in [1.54, 1.807) is 0 Å².